The number of carbonyl (C=O) groups excluding carboxylic acids is 3. The van der Waals surface area contributed by atoms with Gasteiger partial charge < -0.3 is 10.1 Å². The highest BCUT2D eigenvalue weighted by atomic mass is 35.5. The number of amides is 1. The average Bonchev–Trinajstić information content (AvgIpc) is 2.98. The van der Waals surface area contributed by atoms with E-state index in [0.29, 0.717) is 21.7 Å². The molecule has 1 amide bonds. The Morgan fingerprint density at radius 2 is 1.72 bits per heavy atom. The normalized spacial score (nSPS) is 11.9. The van der Waals surface area contributed by atoms with Crippen LogP contribution in [0.25, 0.3) is 11.0 Å². The summed E-state index contributed by atoms with van der Waals surface area (Å²) < 4.78 is 9.09. The van der Waals surface area contributed by atoms with Crippen LogP contribution >= 0.6 is 34.7 Å². The first-order valence-electron chi connectivity index (χ1n) is 8.25. The number of nitrogens with zero attached hydrogens (tertiary/aromatic N) is 3. The second kappa shape index (κ2) is 8.40. The Morgan fingerprint density at radius 3 is 2.31 bits per heavy atom. The van der Waals surface area contributed by atoms with Crippen molar-refractivity contribution in [2.45, 2.75) is 26.9 Å². The summed E-state index contributed by atoms with van der Waals surface area (Å²) in [6.45, 7) is 5.32. The fraction of sp³-hybridized carbons (Fsp3) is 0.222. The second-order valence-corrected chi connectivity index (χ2v) is 7.60. The highest BCUT2D eigenvalue weighted by Gasteiger charge is 2.29. The number of hydrogen-bond acceptors (Lipinski definition) is 8. The maximum Gasteiger partial charge on any atom is 0.392 e. The highest BCUT2D eigenvalue weighted by molar-refractivity contribution is 7.11. The average molecular weight is 453 g/mol. The highest BCUT2D eigenvalue weighted by Crippen LogP contribution is 2.31. The standard InChI is InChI=1S/C18H14Cl2N4O4S/c1-7-8(2)22-12-6-10(4-5-11(12)21-7)14(28-18(27)15(20)25)16(26)23-17-13(19)9(3)24-29-17/h4-6,14H,1-3H3,(H,23,26). The zero-order valence-electron chi connectivity index (χ0n) is 15.4. The Hall–Kier alpha value is -2.62. The largest absolute Gasteiger partial charge is 0.441 e. The lowest BCUT2D eigenvalue weighted by molar-refractivity contribution is -0.158. The summed E-state index contributed by atoms with van der Waals surface area (Å²) in [5.41, 5.74) is 3.43. The molecule has 0 radical (unpaired) electrons. The van der Waals surface area contributed by atoms with Crippen LogP contribution < -0.4 is 5.32 Å². The molecule has 1 atom stereocenters. The van der Waals surface area contributed by atoms with Gasteiger partial charge in [0.05, 0.1) is 33.1 Å². The minimum atomic E-state index is -1.46. The number of carbonyl (C=O) groups is 3. The van der Waals surface area contributed by atoms with Crippen molar-refractivity contribution in [3.63, 3.8) is 0 Å². The molecule has 0 aliphatic carbocycles. The van der Waals surface area contributed by atoms with Crippen molar-refractivity contribution >= 4 is 67.9 Å². The molecule has 1 unspecified atom stereocenters. The Kier molecular flexibility index (Phi) is 6.11. The number of fused-ring (bicyclic) bond motifs is 1. The first kappa shape index (κ1) is 21.1. The number of halogens is 2. The van der Waals surface area contributed by atoms with Gasteiger partial charge in [-0.05, 0) is 56.0 Å². The molecule has 0 fully saturated rings. The van der Waals surface area contributed by atoms with E-state index in [1.165, 1.54) is 0 Å². The topological polar surface area (TPSA) is 111 Å². The molecule has 0 bridgehead atoms. The maximum absolute atomic E-state index is 12.8. The summed E-state index contributed by atoms with van der Waals surface area (Å²) in [7, 11) is 0. The number of ether oxygens (including phenoxy) is 1. The molecule has 8 nitrogen and oxygen atoms in total. The van der Waals surface area contributed by atoms with Gasteiger partial charge in [-0.2, -0.15) is 4.37 Å². The molecule has 150 valence electrons. The van der Waals surface area contributed by atoms with E-state index in [1.54, 1.807) is 32.0 Å². The van der Waals surface area contributed by atoms with Gasteiger partial charge in [0.15, 0.2) is 0 Å². The lowest BCUT2D eigenvalue weighted by atomic mass is 10.1. The van der Waals surface area contributed by atoms with Crippen LogP contribution in [0.3, 0.4) is 0 Å². The molecule has 1 N–H and O–H groups in total. The number of aromatic nitrogens is 3. The van der Waals surface area contributed by atoms with Crippen molar-refractivity contribution in [2.75, 3.05) is 5.32 Å². The number of benzene rings is 1. The van der Waals surface area contributed by atoms with E-state index in [4.69, 9.17) is 27.9 Å². The second-order valence-electron chi connectivity index (χ2n) is 6.10. The molecule has 0 aliphatic heterocycles. The first-order valence-corrected chi connectivity index (χ1v) is 9.78. The molecule has 0 spiro atoms. The van der Waals surface area contributed by atoms with Crippen molar-refractivity contribution in [1.29, 1.82) is 0 Å². The third kappa shape index (κ3) is 4.52. The summed E-state index contributed by atoms with van der Waals surface area (Å²) in [4.78, 5) is 44.6. The number of nitrogens with one attached hydrogen (secondary N) is 1. The molecular formula is C18H14Cl2N4O4S. The summed E-state index contributed by atoms with van der Waals surface area (Å²) in [5.74, 6) is -2.08. The van der Waals surface area contributed by atoms with Gasteiger partial charge in [-0.15, -0.1) is 0 Å². The summed E-state index contributed by atoms with van der Waals surface area (Å²) in [5, 5.41) is 1.78. The number of hydrogen-bond donors (Lipinski definition) is 1. The molecule has 0 saturated carbocycles. The Morgan fingerprint density at radius 1 is 1.07 bits per heavy atom. The van der Waals surface area contributed by atoms with Gasteiger partial charge >= 0.3 is 11.2 Å². The van der Waals surface area contributed by atoms with E-state index in [1.807, 2.05) is 6.92 Å². The molecule has 2 heterocycles. The summed E-state index contributed by atoms with van der Waals surface area (Å²) >= 11 is 12.3. The van der Waals surface area contributed by atoms with Crippen molar-refractivity contribution in [2.24, 2.45) is 0 Å². The van der Waals surface area contributed by atoms with Crippen LogP contribution in [0.15, 0.2) is 18.2 Å². The van der Waals surface area contributed by atoms with Crippen LogP contribution in [-0.4, -0.2) is 31.5 Å². The van der Waals surface area contributed by atoms with Crippen LogP contribution in [0.5, 0.6) is 0 Å². The van der Waals surface area contributed by atoms with E-state index in [9.17, 15) is 14.4 Å². The van der Waals surface area contributed by atoms with E-state index in [0.717, 1.165) is 22.9 Å². The van der Waals surface area contributed by atoms with Crippen LogP contribution in [0, 0.1) is 20.8 Å². The van der Waals surface area contributed by atoms with Crippen molar-refractivity contribution in [3.05, 3.63) is 45.9 Å². The zero-order chi connectivity index (χ0) is 21.3. The van der Waals surface area contributed by atoms with Gasteiger partial charge in [0, 0.05) is 5.56 Å². The van der Waals surface area contributed by atoms with E-state index >= 15 is 0 Å². The molecule has 2 aromatic heterocycles. The SMILES string of the molecule is Cc1nc2ccc(C(OC(=O)C(=O)Cl)C(=O)Nc3snc(C)c3Cl)cc2nc1C. The zero-order valence-corrected chi connectivity index (χ0v) is 17.8. The van der Waals surface area contributed by atoms with Gasteiger partial charge in [0.25, 0.3) is 5.91 Å². The predicted molar refractivity (Wildman–Crippen MR) is 109 cm³/mol. The first-order chi connectivity index (χ1) is 13.7. The van der Waals surface area contributed by atoms with Gasteiger partial charge in [0.2, 0.25) is 6.10 Å². The van der Waals surface area contributed by atoms with Gasteiger partial charge in [-0.25, -0.2) is 14.8 Å². The summed E-state index contributed by atoms with van der Waals surface area (Å²) in [6.07, 6.45) is -1.46. The number of esters is 1. The van der Waals surface area contributed by atoms with E-state index < -0.39 is 23.2 Å². The van der Waals surface area contributed by atoms with E-state index in [-0.39, 0.29) is 10.6 Å². The van der Waals surface area contributed by atoms with Crippen molar-refractivity contribution in [3.8, 4) is 0 Å². The molecule has 3 aromatic rings. The molecule has 0 aliphatic rings. The van der Waals surface area contributed by atoms with Gasteiger partial charge in [0.1, 0.15) is 5.00 Å². The van der Waals surface area contributed by atoms with Crippen molar-refractivity contribution in [1.82, 2.24) is 14.3 Å². The molecule has 0 saturated heterocycles. The Labute approximate surface area is 179 Å². The van der Waals surface area contributed by atoms with Crippen LogP contribution in [0.4, 0.5) is 5.00 Å². The molecule has 11 heteroatoms. The maximum atomic E-state index is 12.8. The Bertz CT molecular complexity index is 1150. The third-order valence-corrected chi connectivity index (χ3v) is 5.64. The van der Waals surface area contributed by atoms with Gasteiger partial charge in [-0.1, -0.05) is 17.7 Å². The molecule has 3 rings (SSSR count). The minimum Gasteiger partial charge on any atom is -0.441 e. The van der Waals surface area contributed by atoms with Crippen molar-refractivity contribution < 1.29 is 19.1 Å². The monoisotopic (exact) mass is 452 g/mol. The molecular weight excluding hydrogens is 439 g/mol. The smallest absolute Gasteiger partial charge is 0.392 e. The van der Waals surface area contributed by atoms with Crippen LogP contribution in [0.2, 0.25) is 5.02 Å². The number of rotatable bonds is 5. The van der Waals surface area contributed by atoms with E-state index in [2.05, 4.69) is 19.7 Å². The molecule has 29 heavy (non-hydrogen) atoms. The summed E-state index contributed by atoms with van der Waals surface area (Å²) in [6, 6.07) is 4.76. The quantitative estimate of drug-likeness (QED) is 0.357. The fourth-order valence-corrected chi connectivity index (χ4v) is 3.43. The molecule has 1 aromatic carbocycles. The lowest BCUT2D eigenvalue weighted by Gasteiger charge is -2.17. The van der Waals surface area contributed by atoms with Crippen LogP contribution in [0.1, 0.15) is 28.7 Å². The number of aryl methyl sites for hydroxylation is 3. The minimum absolute atomic E-state index is 0.275. The van der Waals surface area contributed by atoms with Gasteiger partial charge in [-0.3, -0.25) is 9.59 Å². The lowest BCUT2D eigenvalue weighted by Crippen LogP contribution is -2.27. The predicted octanol–water partition coefficient (Wildman–Crippen LogP) is 3.65. The number of anilines is 1. The van der Waals surface area contributed by atoms with Crippen LogP contribution in [-0.2, 0) is 19.1 Å². The fourth-order valence-electron chi connectivity index (χ4n) is 2.45. The Balaban J connectivity index is 2.00. The third-order valence-electron chi connectivity index (χ3n) is 4.05.